The van der Waals surface area contributed by atoms with Gasteiger partial charge >= 0.3 is 0 Å². The lowest BCUT2D eigenvalue weighted by atomic mass is 9.97. The molecule has 0 aliphatic carbocycles. The number of phenols is 2. The molecular weight excluding hydrogens is 492 g/mol. The van der Waals surface area contributed by atoms with Gasteiger partial charge in [-0.3, -0.25) is 0 Å². The maximum Gasteiger partial charge on any atom is 0.121 e. The van der Waals surface area contributed by atoms with E-state index in [9.17, 15) is 10.2 Å². The van der Waals surface area contributed by atoms with Gasteiger partial charge in [0.2, 0.25) is 0 Å². The van der Waals surface area contributed by atoms with Crippen molar-refractivity contribution in [3.05, 3.63) is 57.6 Å². The van der Waals surface area contributed by atoms with Crippen LogP contribution in [0.3, 0.4) is 0 Å². The van der Waals surface area contributed by atoms with Gasteiger partial charge in [-0.1, -0.05) is 141 Å². The molecule has 0 aliphatic rings. The molecule has 2 N–H and O–H groups in total. The van der Waals surface area contributed by atoms with Gasteiger partial charge in [0.05, 0.1) is 8.07 Å². The molecule has 0 saturated heterocycles. The van der Waals surface area contributed by atoms with Gasteiger partial charge in [0.25, 0.3) is 0 Å². The molecule has 0 aliphatic heterocycles. The van der Waals surface area contributed by atoms with Gasteiger partial charge in [0.1, 0.15) is 11.5 Å². The third kappa shape index (κ3) is 10.3. The van der Waals surface area contributed by atoms with Crippen molar-refractivity contribution in [2.75, 3.05) is 0 Å². The molecule has 220 valence electrons. The Kier molecular flexibility index (Phi) is 15.3. The third-order valence-corrected chi connectivity index (χ3v) is 14.2. The maximum absolute atomic E-state index is 10.9. The first-order chi connectivity index (χ1) is 18.9. The summed E-state index contributed by atoms with van der Waals surface area (Å²) in [5, 5.41) is 21.8. The Labute approximate surface area is 242 Å². The predicted octanol–water partition coefficient (Wildman–Crippen LogP) is 10.7. The average molecular weight is 553 g/mol. The molecule has 0 atom stereocenters. The highest BCUT2D eigenvalue weighted by atomic mass is 28.3. The van der Waals surface area contributed by atoms with Crippen LogP contribution >= 0.6 is 0 Å². The molecule has 3 heteroatoms. The lowest BCUT2D eigenvalue weighted by molar-refractivity contribution is 0.459. The summed E-state index contributed by atoms with van der Waals surface area (Å²) < 4.78 is 0. The van der Waals surface area contributed by atoms with Crippen molar-refractivity contribution in [3.63, 3.8) is 0 Å². The SMILES string of the molecule is CCCC[Si](CCCC)(CCc1cc(CCC)c(O)c(CCC)c1)CCc1cc(CCC)c(O)c(CCC)c1. The number of benzene rings is 2. The van der Waals surface area contributed by atoms with Crippen LogP contribution in [0.25, 0.3) is 0 Å². The molecule has 2 aromatic carbocycles. The Morgan fingerprint density at radius 3 is 1.00 bits per heavy atom. The summed E-state index contributed by atoms with van der Waals surface area (Å²) >= 11 is 0. The standard InChI is InChI=1S/C36H60O2Si/c1-7-13-21-39(22-14-8-2,23-19-29-25-31(15-9-3)35(37)32(26-29)16-10-4)24-20-30-27-33(17-11-5)36(38)34(28-30)18-12-6/h25-28,37-38H,7-24H2,1-6H3. The van der Waals surface area contributed by atoms with Gasteiger partial charge in [-0.15, -0.1) is 0 Å². The van der Waals surface area contributed by atoms with Crippen molar-refractivity contribution < 1.29 is 10.2 Å². The molecule has 0 saturated carbocycles. The number of rotatable bonds is 20. The molecule has 0 unspecified atom stereocenters. The fraction of sp³-hybridized carbons (Fsp3) is 0.667. The van der Waals surface area contributed by atoms with E-state index in [1.807, 2.05) is 0 Å². The van der Waals surface area contributed by atoms with Crippen LogP contribution in [0, 0.1) is 0 Å². The van der Waals surface area contributed by atoms with Crippen molar-refractivity contribution in [2.45, 2.75) is 156 Å². The second kappa shape index (κ2) is 17.8. The fourth-order valence-electron chi connectivity index (χ4n) is 6.47. The zero-order valence-electron chi connectivity index (χ0n) is 26.4. The zero-order valence-corrected chi connectivity index (χ0v) is 27.4. The van der Waals surface area contributed by atoms with E-state index in [1.165, 1.54) is 61.0 Å². The number of aryl methyl sites for hydroxylation is 6. The van der Waals surface area contributed by atoms with Gasteiger partial charge in [0, 0.05) is 0 Å². The van der Waals surface area contributed by atoms with Crippen LogP contribution in [0.2, 0.25) is 24.2 Å². The molecule has 0 spiro atoms. The predicted molar refractivity (Wildman–Crippen MR) is 174 cm³/mol. The molecule has 0 bridgehead atoms. The maximum atomic E-state index is 10.9. The van der Waals surface area contributed by atoms with E-state index in [-0.39, 0.29) is 0 Å². The molecule has 0 fully saturated rings. The van der Waals surface area contributed by atoms with Crippen molar-refractivity contribution in [1.82, 2.24) is 0 Å². The number of aromatic hydroxyl groups is 2. The Bertz CT molecular complexity index is 847. The molecule has 0 radical (unpaired) electrons. The minimum atomic E-state index is -1.50. The minimum absolute atomic E-state index is 0.557. The van der Waals surface area contributed by atoms with Crippen LogP contribution in [0.15, 0.2) is 24.3 Å². The van der Waals surface area contributed by atoms with Gasteiger partial charge in [0.15, 0.2) is 0 Å². The normalized spacial score (nSPS) is 11.8. The first-order valence-corrected chi connectivity index (χ1v) is 19.4. The molecule has 2 rings (SSSR count). The van der Waals surface area contributed by atoms with Crippen LogP contribution in [0.1, 0.15) is 126 Å². The summed E-state index contributed by atoms with van der Waals surface area (Å²) in [5.41, 5.74) is 7.52. The average Bonchev–Trinajstić information content (AvgIpc) is 2.93. The second-order valence-corrected chi connectivity index (χ2v) is 17.2. The first-order valence-electron chi connectivity index (χ1n) is 16.5. The van der Waals surface area contributed by atoms with Crippen LogP contribution in [0.5, 0.6) is 11.5 Å². The number of hydrogen-bond donors (Lipinski definition) is 2. The molecule has 0 amide bonds. The quantitative estimate of drug-likeness (QED) is 0.160. The third-order valence-electron chi connectivity index (χ3n) is 8.74. The van der Waals surface area contributed by atoms with E-state index in [1.54, 1.807) is 0 Å². The van der Waals surface area contributed by atoms with E-state index in [4.69, 9.17) is 0 Å². The number of phenolic OH excluding ortho intramolecular Hbond substituents is 2. The van der Waals surface area contributed by atoms with E-state index in [0.29, 0.717) is 11.5 Å². The van der Waals surface area contributed by atoms with Gasteiger partial charge in [-0.2, -0.15) is 0 Å². The highest BCUT2D eigenvalue weighted by molar-refractivity contribution is 6.79. The second-order valence-electron chi connectivity index (χ2n) is 12.2. The van der Waals surface area contributed by atoms with Crippen LogP contribution in [-0.2, 0) is 38.5 Å². The van der Waals surface area contributed by atoms with Crippen molar-refractivity contribution in [1.29, 1.82) is 0 Å². The minimum Gasteiger partial charge on any atom is -0.507 e. The monoisotopic (exact) mass is 552 g/mol. The van der Waals surface area contributed by atoms with Crippen molar-refractivity contribution in [3.8, 4) is 11.5 Å². The van der Waals surface area contributed by atoms with Crippen LogP contribution in [-0.4, -0.2) is 18.3 Å². The molecule has 2 nitrogen and oxygen atoms in total. The lowest BCUT2D eigenvalue weighted by Gasteiger charge is -2.33. The van der Waals surface area contributed by atoms with E-state index in [2.05, 4.69) is 65.8 Å². The summed E-state index contributed by atoms with van der Waals surface area (Å²) in [4.78, 5) is 0. The number of unbranched alkanes of at least 4 members (excludes halogenated alkanes) is 2. The number of hydrogen-bond acceptors (Lipinski definition) is 2. The summed E-state index contributed by atoms with van der Waals surface area (Å²) in [7, 11) is -1.50. The summed E-state index contributed by atoms with van der Waals surface area (Å²) in [6.45, 7) is 13.5. The molecule has 0 aromatic heterocycles. The van der Waals surface area contributed by atoms with Gasteiger partial charge in [-0.05, 0) is 71.9 Å². The van der Waals surface area contributed by atoms with E-state index in [0.717, 1.165) is 86.5 Å². The zero-order chi connectivity index (χ0) is 28.7. The highest BCUT2D eigenvalue weighted by Crippen LogP contribution is 2.36. The Morgan fingerprint density at radius 1 is 0.436 bits per heavy atom. The Balaban J connectivity index is 2.36. The lowest BCUT2D eigenvalue weighted by Crippen LogP contribution is -2.35. The smallest absolute Gasteiger partial charge is 0.121 e. The van der Waals surface area contributed by atoms with E-state index >= 15 is 0 Å². The van der Waals surface area contributed by atoms with Crippen LogP contribution in [0.4, 0.5) is 0 Å². The largest absolute Gasteiger partial charge is 0.507 e. The highest BCUT2D eigenvalue weighted by Gasteiger charge is 2.31. The van der Waals surface area contributed by atoms with Crippen molar-refractivity contribution >= 4 is 8.07 Å². The Hall–Kier alpha value is -1.74. The molecular formula is C36H60O2Si. The molecule has 0 heterocycles. The summed E-state index contributed by atoms with van der Waals surface area (Å²) in [6, 6.07) is 14.9. The van der Waals surface area contributed by atoms with E-state index < -0.39 is 8.07 Å². The fourth-order valence-corrected chi connectivity index (χ4v) is 11.8. The topological polar surface area (TPSA) is 40.5 Å². The Morgan fingerprint density at radius 2 is 0.744 bits per heavy atom. The van der Waals surface area contributed by atoms with Gasteiger partial charge in [-0.25, -0.2) is 0 Å². The molecule has 2 aromatic rings. The van der Waals surface area contributed by atoms with Crippen LogP contribution < -0.4 is 0 Å². The van der Waals surface area contributed by atoms with Gasteiger partial charge < -0.3 is 10.2 Å². The molecule has 39 heavy (non-hydrogen) atoms. The summed E-state index contributed by atoms with van der Waals surface area (Å²) in [6.07, 6.45) is 15.7. The van der Waals surface area contributed by atoms with Crippen molar-refractivity contribution in [2.24, 2.45) is 0 Å². The first kappa shape index (κ1) is 33.5. The summed E-state index contributed by atoms with van der Waals surface area (Å²) in [5.74, 6) is 1.11.